The van der Waals surface area contributed by atoms with Crippen molar-refractivity contribution in [2.24, 2.45) is 5.92 Å². The molecule has 108 valence electrons. The Kier molecular flexibility index (Phi) is 6.36. The van der Waals surface area contributed by atoms with E-state index in [0.29, 0.717) is 6.61 Å². The molecule has 0 aliphatic heterocycles. The molecule has 1 rings (SSSR count). The third-order valence-electron chi connectivity index (χ3n) is 2.95. The normalized spacial score (nSPS) is 14.7. The number of aliphatic hydroxyl groups is 1. The number of benzene rings is 1. The maximum atomic E-state index is 13.8. The first-order valence-corrected chi connectivity index (χ1v) is 7.09. The molecule has 0 aromatic heterocycles. The Hall–Kier alpha value is -0.520. The van der Waals surface area contributed by atoms with Gasteiger partial charge in [-0.3, -0.25) is 0 Å². The first-order valence-electron chi connectivity index (χ1n) is 6.30. The molecule has 1 aromatic carbocycles. The van der Waals surface area contributed by atoms with Gasteiger partial charge in [-0.25, -0.2) is 8.78 Å². The summed E-state index contributed by atoms with van der Waals surface area (Å²) in [6.45, 7) is 6.07. The topological polar surface area (TPSA) is 29.5 Å². The van der Waals surface area contributed by atoms with Crippen LogP contribution in [0.5, 0.6) is 0 Å². The average Bonchev–Trinajstić information content (AvgIpc) is 2.35. The minimum absolute atomic E-state index is 0.0632. The third-order valence-corrected chi connectivity index (χ3v) is 3.56. The molecule has 0 spiro atoms. The molecule has 1 N–H and O–H groups in total. The van der Waals surface area contributed by atoms with Gasteiger partial charge < -0.3 is 9.84 Å². The highest BCUT2D eigenvalue weighted by molar-refractivity contribution is 9.10. The second kappa shape index (κ2) is 7.31. The highest BCUT2D eigenvalue weighted by Gasteiger charge is 2.26. The predicted molar refractivity (Wildman–Crippen MR) is 74.0 cm³/mol. The molecule has 0 heterocycles. The van der Waals surface area contributed by atoms with Crippen LogP contribution in [0.4, 0.5) is 8.78 Å². The summed E-state index contributed by atoms with van der Waals surface area (Å²) >= 11 is 3.01. The van der Waals surface area contributed by atoms with Crippen molar-refractivity contribution in [2.45, 2.75) is 39.4 Å². The van der Waals surface area contributed by atoms with Crippen LogP contribution in [0.3, 0.4) is 0 Å². The largest absolute Gasteiger partial charge is 0.390 e. The zero-order valence-electron chi connectivity index (χ0n) is 11.3. The van der Waals surface area contributed by atoms with Crippen molar-refractivity contribution in [3.63, 3.8) is 0 Å². The number of aliphatic hydroxyl groups excluding tert-OH is 1. The molecular formula is C14H19BrF2O2. The summed E-state index contributed by atoms with van der Waals surface area (Å²) in [6.07, 6.45) is -1.50. The van der Waals surface area contributed by atoms with Gasteiger partial charge in [0.05, 0.1) is 16.7 Å². The molecule has 1 aromatic rings. The Bertz CT molecular complexity index is 424. The van der Waals surface area contributed by atoms with Gasteiger partial charge in [0.2, 0.25) is 0 Å². The van der Waals surface area contributed by atoms with Crippen LogP contribution in [0, 0.1) is 17.6 Å². The van der Waals surface area contributed by atoms with E-state index in [0.717, 1.165) is 0 Å². The van der Waals surface area contributed by atoms with E-state index >= 15 is 0 Å². The summed E-state index contributed by atoms with van der Waals surface area (Å²) in [4.78, 5) is 0. The van der Waals surface area contributed by atoms with Crippen LogP contribution in [0.25, 0.3) is 0 Å². The summed E-state index contributed by atoms with van der Waals surface area (Å²) in [5, 5.41) is 10.1. The first kappa shape index (κ1) is 16.5. The van der Waals surface area contributed by atoms with Crippen molar-refractivity contribution < 1.29 is 18.6 Å². The van der Waals surface area contributed by atoms with E-state index in [2.05, 4.69) is 15.9 Å². The van der Waals surface area contributed by atoms with Gasteiger partial charge in [0.25, 0.3) is 0 Å². The Morgan fingerprint density at radius 3 is 2.47 bits per heavy atom. The van der Waals surface area contributed by atoms with E-state index in [1.54, 1.807) is 0 Å². The molecule has 0 amide bonds. The number of rotatable bonds is 6. The fraction of sp³-hybridized carbons (Fsp3) is 0.571. The minimum atomic E-state index is -0.946. The highest BCUT2D eigenvalue weighted by Crippen LogP contribution is 2.24. The average molecular weight is 337 g/mol. The SMILES string of the molecule is CCOC(C(C)C)C(O)Cc1c(F)ccc(Br)c1F. The molecule has 2 nitrogen and oxygen atoms in total. The van der Waals surface area contributed by atoms with Crippen molar-refractivity contribution >= 4 is 15.9 Å². The number of hydrogen-bond donors (Lipinski definition) is 1. The van der Waals surface area contributed by atoms with Gasteiger partial charge in [-0.1, -0.05) is 13.8 Å². The Morgan fingerprint density at radius 1 is 1.32 bits per heavy atom. The van der Waals surface area contributed by atoms with Crippen LogP contribution in [-0.4, -0.2) is 23.9 Å². The lowest BCUT2D eigenvalue weighted by Crippen LogP contribution is -2.35. The van der Waals surface area contributed by atoms with Crippen molar-refractivity contribution in [3.05, 3.63) is 33.8 Å². The molecule has 5 heteroatoms. The molecule has 19 heavy (non-hydrogen) atoms. The predicted octanol–water partition coefficient (Wildman–Crippen LogP) is 3.69. The monoisotopic (exact) mass is 336 g/mol. The van der Waals surface area contributed by atoms with Crippen molar-refractivity contribution in [1.29, 1.82) is 0 Å². The van der Waals surface area contributed by atoms with Crippen LogP contribution in [0.1, 0.15) is 26.3 Å². The lowest BCUT2D eigenvalue weighted by molar-refractivity contribution is -0.0567. The molecule has 0 aliphatic carbocycles. The van der Waals surface area contributed by atoms with E-state index in [-0.39, 0.29) is 22.4 Å². The summed E-state index contributed by atoms with van der Waals surface area (Å²) < 4.78 is 33.1. The van der Waals surface area contributed by atoms with Gasteiger partial charge in [-0.05, 0) is 40.9 Å². The molecule has 0 saturated heterocycles. The first-order chi connectivity index (χ1) is 8.88. The van der Waals surface area contributed by atoms with Crippen LogP contribution < -0.4 is 0 Å². The van der Waals surface area contributed by atoms with Crippen LogP contribution >= 0.6 is 15.9 Å². The fourth-order valence-electron chi connectivity index (χ4n) is 2.02. The maximum Gasteiger partial charge on any atom is 0.143 e. The second-order valence-electron chi connectivity index (χ2n) is 4.76. The van der Waals surface area contributed by atoms with Crippen molar-refractivity contribution in [2.75, 3.05) is 6.61 Å². The standard InChI is InChI=1S/C14H19BrF2O2/c1-4-19-14(8(2)3)12(18)7-9-11(16)6-5-10(15)13(9)17/h5-6,8,12,14,18H,4,7H2,1-3H3. The van der Waals surface area contributed by atoms with Gasteiger partial charge >= 0.3 is 0 Å². The van der Waals surface area contributed by atoms with E-state index in [1.165, 1.54) is 12.1 Å². The minimum Gasteiger partial charge on any atom is -0.390 e. The highest BCUT2D eigenvalue weighted by atomic mass is 79.9. The Morgan fingerprint density at radius 2 is 1.95 bits per heavy atom. The van der Waals surface area contributed by atoms with E-state index in [1.807, 2.05) is 20.8 Å². The number of hydrogen-bond acceptors (Lipinski definition) is 2. The number of ether oxygens (including phenoxy) is 1. The quantitative estimate of drug-likeness (QED) is 0.803. The number of halogens is 3. The molecule has 0 bridgehead atoms. The van der Waals surface area contributed by atoms with Gasteiger partial charge in [-0.2, -0.15) is 0 Å². The summed E-state index contributed by atoms with van der Waals surface area (Å²) in [5.74, 6) is -1.26. The smallest absolute Gasteiger partial charge is 0.143 e. The Balaban J connectivity index is 2.92. The van der Waals surface area contributed by atoms with E-state index in [9.17, 15) is 13.9 Å². The maximum absolute atomic E-state index is 13.8. The summed E-state index contributed by atoms with van der Waals surface area (Å²) in [7, 11) is 0. The van der Waals surface area contributed by atoms with Crippen molar-refractivity contribution in [3.8, 4) is 0 Å². The van der Waals surface area contributed by atoms with Gasteiger partial charge in [-0.15, -0.1) is 0 Å². The van der Waals surface area contributed by atoms with Crippen LogP contribution in [0.15, 0.2) is 16.6 Å². The lowest BCUT2D eigenvalue weighted by Gasteiger charge is -2.26. The molecular weight excluding hydrogens is 318 g/mol. The third kappa shape index (κ3) is 4.23. The van der Waals surface area contributed by atoms with Gasteiger partial charge in [0.1, 0.15) is 11.6 Å². The summed E-state index contributed by atoms with van der Waals surface area (Å²) in [6, 6.07) is 2.49. The van der Waals surface area contributed by atoms with Crippen molar-refractivity contribution in [1.82, 2.24) is 0 Å². The lowest BCUT2D eigenvalue weighted by atomic mass is 9.95. The zero-order chi connectivity index (χ0) is 14.6. The molecule has 2 unspecified atom stereocenters. The zero-order valence-corrected chi connectivity index (χ0v) is 12.9. The molecule has 0 saturated carbocycles. The Labute approximate surface area is 120 Å². The molecule has 0 aliphatic rings. The van der Waals surface area contributed by atoms with E-state index < -0.39 is 23.8 Å². The van der Waals surface area contributed by atoms with E-state index in [4.69, 9.17) is 4.74 Å². The van der Waals surface area contributed by atoms with Gasteiger partial charge in [0, 0.05) is 18.6 Å². The fourth-order valence-corrected chi connectivity index (χ4v) is 2.39. The van der Waals surface area contributed by atoms with Gasteiger partial charge in [0.15, 0.2) is 0 Å². The molecule has 2 atom stereocenters. The second-order valence-corrected chi connectivity index (χ2v) is 5.61. The molecule has 0 fully saturated rings. The summed E-state index contributed by atoms with van der Waals surface area (Å²) in [5.41, 5.74) is -0.118. The molecule has 0 radical (unpaired) electrons. The van der Waals surface area contributed by atoms with Crippen LogP contribution in [-0.2, 0) is 11.2 Å². The van der Waals surface area contributed by atoms with Crippen LogP contribution in [0.2, 0.25) is 0 Å².